The summed E-state index contributed by atoms with van der Waals surface area (Å²) in [6.07, 6.45) is 5.67. The molecule has 0 atom stereocenters. The van der Waals surface area contributed by atoms with Gasteiger partial charge in [-0.3, -0.25) is 4.99 Å². The van der Waals surface area contributed by atoms with Crippen LogP contribution < -0.4 is 0 Å². The van der Waals surface area contributed by atoms with Crippen molar-refractivity contribution < 1.29 is 0 Å². The Labute approximate surface area is 92.9 Å². The number of hydrogen-bond donors (Lipinski definition) is 0. The van der Waals surface area contributed by atoms with Gasteiger partial charge in [-0.25, -0.2) is 0 Å². The number of benzene rings is 1. The van der Waals surface area contributed by atoms with E-state index in [1.165, 1.54) is 0 Å². The van der Waals surface area contributed by atoms with Crippen molar-refractivity contribution in [2.24, 2.45) is 4.99 Å². The van der Waals surface area contributed by atoms with E-state index >= 15 is 0 Å². The second kappa shape index (κ2) is 3.35. The smallest absolute Gasteiger partial charge is 0.0991 e. The zero-order chi connectivity index (χ0) is 11.0. The minimum absolute atomic E-state index is 0.695. The maximum absolute atomic E-state index is 8.85. The van der Waals surface area contributed by atoms with E-state index in [0.717, 1.165) is 23.1 Å². The molecule has 0 saturated heterocycles. The van der Waals surface area contributed by atoms with E-state index in [1.54, 1.807) is 0 Å². The fraction of sp³-hybridized carbons (Fsp3) is 0.0769. The Morgan fingerprint density at radius 3 is 3.12 bits per heavy atom. The van der Waals surface area contributed by atoms with Gasteiger partial charge in [-0.2, -0.15) is 5.26 Å². The van der Waals surface area contributed by atoms with Gasteiger partial charge in [0.1, 0.15) is 0 Å². The van der Waals surface area contributed by atoms with Gasteiger partial charge in [0.25, 0.3) is 0 Å². The van der Waals surface area contributed by atoms with Crippen molar-refractivity contribution in [3.05, 3.63) is 47.8 Å². The van der Waals surface area contributed by atoms with Gasteiger partial charge in [0.05, 0.1) is 23.5 Å². The normalized spacial score (nSPS) is 13.4. The highest BCUT2D eigenvalue weighted by Gasteiger charge is 2.07. The lowest BCUT2D eigenvalue weighted by molar-refractivity contribution is 0.860. The van der Waals surface area contributed by atoms with Gasteiger partial charge in [-0.15, -0.1) is 0 Å². The molecule has 0 N–H and O–H groups in total. The first-order valence-corrected chi connectivity index (χ1v) is 5.10. The van der Waals surface area contributed by atoms with Crippen molar-refractivity contribution in [1.82, 2.24) is 4.57 Å². The molecule has 0 spiro atoms. The van der Waals surface area contributed by atoms with Gasteiger partial charge >= 0.3 is 0 Å². The van der Waals surface area contributed by atoms with Gasteiger partial charge in [-0.05, 0) is 30.3 Å². The van der Waals surface area contributed by atoms with Crippen LogP contribution in [-0.2, 0) is 6.54 Å². The first kappa shape index (κ1) is 8.93. The van der Waals surface area contributed by atoms with Crippen LogP contribution in [0.5, 0.6) is 0 Å². The highest BCUT2D eigenvalue weighted by atomic mass is 15.0. The Hall–Kier alpha value is -2.34. The average molecular weight is 207 g/mol. The summed E-state index contributed by atoms with van der Waals surface area (Å²) < 4.78 is 2.18. The molecule has 3 rings (SSSR count). The van der Waals surface area contributed by atoms with Crippen LogP contribution in [0.25, 0.3) is 10.9 Å². The fourth-order valence-corrected chi connectivity index (χ4v) is 2.01. The number of hydrogen-bond acceptors (Lipinski definition) is 2. The second-order valence-electron chi connectivity index (χ2n) is 3.73. The molecule has 1 aromatic heterocycles. The number of aromatic nitrogens is 1. The Balaban J connectivity index is 2.31. The molecule has 1 aliphatic rings. The third kappa shape index (κ3) is 1.24. The molecule has 2 aromatic rings. The van der Waals surface area contributed by atoms with E-state index in [4.69, 9.17) is 5.26 Å². The molecule has 0 radical (unpaired) electrons. The SMILES string of the molecule is N#Cc1ccc2c(c1)cc1n2CC=CN=C1. The monoisotopic (exact) mass is 207 g/mol. The molecule has 0 unspecified atom stereocenters. The minimum atomic E-state index is 0.695. The van der Waals surface area contributed by atoms with Gasteiger partial charge in [0.2, 0.25) is 0 Å². The Morgan fingerprint density at radius 1 is 1.31 bits per heavy atom. The first-order valence-electron chi connectivity index (χ1n) is 5.10. The lowest BCUT2D eigenvalue weighted by Gasteiger charge is -2.02. The van der Waals surface area contributed by atoms with Gasteiger partial charge in [-0.1, -0.05) is 0 Å². The third-order valence-corrected chi connectivity index (χ3v) is 2.75. The van der Waals surface area contributed by atoms with Crippen LogP contribution in [0.1, 0.15) is 11.3 Å². The lowest BCUT2D eigenvalue weighted by atomic mass is 10.2. The molecule has 1 aromatic carbocycles. The van der Waals surface area contributed by atoms with Crippen molar-refractivity contribution in [3.8, 4) is 6.07 Å². The van der Waals surface area contributed by atoms with Crippen LogP contribution in [0.2, 0.25) is 0 Å². The summed E-state index contributed by atoms with van der Waals surface area (Å²) in [5.74, 6) is 0. The van der Waals surface area contributed by atoms with E-state index in [0.29, 0.717) is 5.56 Å². The number of rotatable bonds is 0. The van der Waals surface area contributed by atoms with Crippen LogP contribution in [0.15, 0.2) is 41.5 Å². The topological polar surface area (TPSA) is 41.1 Å². The van der Waals surface area contributed by atoms with E-state index in [9.17, 15) is 0 Å². The zero-order valence-electron chi connectivity index (χ0n) is 8.59. The van der Waals surface area contributed by atoms with Crippen molar-refractivity contribution in [2.45, 2.75) is 6.54 Å². The van der Waals surface area contributed by atoms with Gasteiger partial charge in [0, 0.05) is 23.6 Å². The molecule has 76 valence electrons. The van der Waals surface area contributed by atoms with Crippen LogP contribution in [0.4, 0.5) is 0 Å². The van der Waals surface area contributed by atoms with E-state index < -0.39 is 0 Å². The summed E-state index contributed by atoms with van der Waals surface area (Å²) in [7, 11) is 0. The average Bonchev–Trinajstić information content (AvgIpc) is 2.50. The molecular formula is C13H9N3. The number of aliphatic imine (C=N–C) groups is 1. The molecular weight excluding hydrogens is 198 g/mol. The van der Waals surface area contributed by atoms with Crippen molar-refractivity contribution in [1.29, 1.82) is 5.26 Å². The summed E-state index contributed by atoms with van der Waals surface area (Å²) in [4.78, 5) is 4.16. The molecule has 0 aliphatic carbocycles. The summed E-state index contributed by atoms with van der Waals surface area (Å²) in [6, 6.07) is 9.97. The first-order chi connectivity index (χ1) is 7.88. The summed E-state index contributed by atoms with van der Waals surface area (Å²) in [5, 5.41) is 9.94. The standard InChI is InChI=1S/C13H9N3/c14-8-10-2-3-13-11(6-10)7-12-9-15-4-1-5-16(12)13/h1-4,6-7,9H,5H2. The highest BCUT2D eigenvalue weighted by molar-refractivity contribution is 5.91. The molecule has 1 aliphatic heterocycles. The molecule has 0 amide bonds. The highest BCUT2D eigenvalue weighted by Crippen LogP contribution is 2.21. The number of nitrogens with zero attached hydrogens (tertiary/aromatic N) is 3. The maximum atomic E-state index is 8.85. The molecule has 16 heavy (non-hydrogen) atoms. The zero-order valence-corrected chi connectivity index (χ0v) is 8.59. The van der Waals surface area contributed by atoms with E-state index in [1.807, 2.05) is 36.7 Å². The Kier molecular flexibility index (Phi) is 1.87. The van der Waals surface area contributed by atoms with Crippen LogP contribution in [-0.4, -0.2) is 10.8 Å². The van der Waals surface area contributed by atoms with Crippen molar-refractivity contribution in [3.63, 3.8) is 0 Å². The molecule has 2 heterocycles. The summed E-state index contributed by atoms with van der Waals surface area (Å²) >= 11 is 0. The summed E-state index contributed by atoms with van der Waals surface area (Å²) in [5.41, 5.74) is 2.92. The number of nitriles is 1. The third-order valence-electron chi connectivity index (χ3n) is 2.75. The second-order valence-corrected chi connectivity index (χ2v) is 3.73. The molecule has 3 nitrogen and oxygen atoms in total. The fourth-order valence-electron chi connectivity index (χ4n) is 2.01. The number of fused-ring (bicyclic) bond motifs is 3. The largest absolute Gasteiger partial charge is 0.336 e. The van der Waals surface area contributed by atoms with Crippen molar-refractivity contribution in [2.75, 3.05) is 0 Å². The Morgan fingerprint density at radius 2 is 2.25 bits per heavy atom. The number of allylic oxidation sites excluding steroid dienone is 1. The molecule has 0 saturated carbocycles. The molecule has 0 bridgehead atoms. The predicted octanol–water partition coefficient (Wildman–Crippen LogP) is 2.46. The Bertz CT molecular complexity index is 654. The lowest BCUT2D eigenvalue weighted by Crippen LogP contribution is -1.98. The van der Waals surface area contributed by atoms with Gasteiger partial charge < -0.3 is 4.57 Å². The molecule has 3 heteroatoms. The maximum Gasteiger partial charge on any atom is 0.0991 e. The summed E-state index contributed by atoms with van der Waals surface area (Å²) in [6.45, 7) is 0.824. The minimum Gasteiger partial charge on any atom is -0.336 e. The van der Waals surface area contributed by atoms with Gasteiger partial charge in [0.15, 0.2) is 0 Å². The van der Waals surface area contributed by atoms with Crippen LogP contribution >= 0.6 is 0 Å². The van der Waals surface area contributed by atoms with Crippen molar-refractivity contribution >= 4 is 17.1 Å². The quantitative estimate of drug-likeness (QED) is 0.654. The van der Waals surface area contributed by atoms with E-state index in [2.05, 4.69) is 21.7 Å². The molecule has 0 fully saturated rings. The van der Waals surface area contributed by atoms with Crippen LogP contribution in [0, 0.1) is 11.3 Å². The van der Waals surface area contributed by atoms with E-state index in [-0.39, 0.29) is 0 Å². The predicted molar refractivity (Wildman–Crippen MR) is 63.4 cm³/mol. The van der Waals surface area contributed by atoms with Crippen LogP contribution in [0.3, 0.4) is 0 Å².